The van der Waals surface area contributed by atoms with Crippen molar-refractivity contribution >= 4 is 6.09 Å². The number of carbonyl (C=O) groups is 1. The van der Waals surface area contributed by atoms with Gasteiger partial charge in [-0.3, -0.25) is 14.9 Å². The van der Waals surface area contributed by atoms with Gasteiger partial charge in [-0.05, 0) is 70.7 Å². The van der Waals surface area contributed by atoms with Crippen molar-refractivity contribution < 1.29 is 14.6 Å². The van der Waals surface area contributed by atoms with E-state index < -0.39 is 5.60 Å². The van der Waals surface area contributed by atoms with E-state index in [1.807, 2.05) is 52.0 Å². The molecule has 2 aromatic heterocycles. The number of aliphatic hydroxyl groups excluding tert-OH is 1. The highest BCUT2D eigenvalue weighted by atomic mass is 16.6. The van der Waals surface area contributed by atoms with E-state index in [1.165, 1.54) is 0 Å². The van der Waals surface area contributed by atoms with E-state index in [0.29, 0.717) is 5.69 Å². The Morgan fingerprint density at radius 2 is 1.96 bits per heavy atom. The summed E-state index contributed by atoms with van der Waals surface area (Å²) in [6, 6.07) is 9.10. The third-order valence-electron chi connectivity index (χ3n) is 4.93. The van der Waals surface area contributed by atoms with Crippen LogP contribution in [-0.4, -0.2) is 31.7 Å². The number of likely N-dealkylation sites (tertiary alicyclic amines) is 1. The number of piperidine rings is 1. The Kier molecular flexibility index (Phi) is 5.98. The summed E-state index contributed by atoms with van der Waals surface area (Å²) in [6.07, 6.45) is 3.99. The number of carbonyl (C=O) groups excluding carboxylic acids is 1. The molecule has 2 atom stereocenters. The first-order valence-electron chi connectivity index (χ1n) is 9.79. The van der Waals surface area contributed by atoms with Crippen molar-refractivity contribution in [3.05, 3.63) is 59.2 Å². The highest BCUT2D eigenvalue weighted by Gasteiger charge is 2.40. The first kappa shape index (κ1) is 20.3. The molecule has 3 heterocycles. The fraction of sp³-hybridized carbons (Fsp3) is 0.500. The zero-order chi connectivity index (χ0) is 20.3. The molecule has 2 aromatic rings. The van der Waals surface area contributed by atoms with Crippen LogP contribution in [0, 0.1) is 6.92 Å². The Morgan fingerprint density at radius 1 is 1.21 bits per heavy atom. The largest absolute Gasteiger partial charge is 0.444 e. The molecule has 0 spiro atoms. The van der Waals surface area contributed by atoms with Gasteiger partial charge in [0.05, 0.1) is 35.8 Å². The SMILES string of the molecule is Cc1cccnc1[C@@H]1CCC[C@H](c2cccc(CO)n2)N1C(=O)OC(C)(C)C. The number of hydrogen-bond acceptors (Lipinski definition) is 5. The summed E-state index contributed by atoms with van der Waals surface area (Å²) in [5.41, 5.74) is 2.73. The van der Waals surface area contributed by atoms with Crippen LogP contribution < -0.4 is 0 Å². The van der Waals surface area contributed by atoms with E-state index >= 15 is 0 Å². The van der Waals surface area contributed by atoms with Gasteiger partial charge in [-0.15, -0.1) is 0 Å². The maximum absolute atomic E-state index is 13.2. The van der Waals surface area contributed by atoms with Crippen LogP contribution in [0.15, 0.2) is 36.5 Å². The van der Waals surface area contributed by atoms with Crippen LogP contribution in [0.4, 0.5) is 4.79 Å². The summed E-state index contributed by atoms with van der Waals surface area (Å²) in [5.74, 6) is 0. The Morgan fingerprint density at radius 3 is 2.64 bits per heavy atom. The number of aliphatic hydroxyl groups is 1. The lowest BCUT2D eigenvalue weighted by Gasteiger charge is -2.42. The van der Waals surface area contributed by atoms with Gasteiger partial charge in [-0.1, -0.05) is 12.1 Å². The lowest BCUT2D eigenvalue weighted by molar-refractivity contribution is -0.00807. The summed E-state index contributed by atoms with van der Waals surface area (Å²) in [5, 5.41) is 9.48. The predicted octanol–water partition coefficient (Wildman–Crippen LogP) is 4.48. The summed E-state index contributed by atoms with van der Waals surface area (Å²) < 4.78 is 5.76. The van der Waals surface area contributed by atoms with Gasteiger partial charge < -0.3 is 9.84 Å². The zero-order valence-electron chi connectivity index (χ0n) is 17.1. The second-order valence-electron chi connectivity index (χ2n) is 8.27. The van der Waals surface area contributed by atoms with Gasteiger partial charge in [0.2, 0.25) is 0 Å². The molecule has 0 aromatic carbocycles. The molecule has 6 nitrogen and oxygen atoms in total. The van der Waals surface area contributed by atoms with E-state index in [1.54, 1.807) is 17.2 Å². The average Bonchev–Trinajstić information content (AvgIpc) is 2.66. The minimum Gasteiger partial charge on any atom is -0.444 e. The number of hydrogen-bond donors (Lipinski definition) is 1. The van der Waals surface area contributed by atoms with E-state index in [0.717, 1.165) is 36.2 Å². The maximum Gasteiger partial charge on any atom is 0.411 e. The molecule has 1 aliphatic heterocycles. The standard InChI is InChI=1S/C22H29N3O3/c1-15-8-7-13-23-20(15)19-12-6-11-18(17-10-5-9-16(14-26)24-17)25(19)21(27)28-22(2,3)4/h5,7-10,13,18-19,26H,6,11-12,14H2,1-4H3/t18-,19+/m1/s1. The highest BCUT2D eigenvalue weighted by molar-refractivity contribution is 5.69. The molecule has 0 aliphatic carbocycles. The van der Waals surface area contributed by atoms with Crippen LogP contribution in [-0.2, 0) is 11.3 Å². The smallest absolute Gasteiger partial charge is 0.411 e. The van der Waals surface area contributed by atoms with Gasteiger partial charge in [0.25, 0.3) is 0 Å². The van der Waals surface area contributed by atoms with E-state index in [2.05, 4.69) is 9.97 Å². The molecule has 28 heavy (non-hydrogen) atoms. The number of ether oxygens (including phenoxy) is 1. The normalized spacial score (nSPS) is 20.1. The lowest BCUT2D eigenvalue weighted by atomic mass is 9.90. The van der Waals surface area contributed by atoms with Crippen LogP contribution in [0.2, 0.25) is 0 Å². The third-order valence-corrected chi connectivity index (χ3v) is 4.93. The van der Waals surface area contributed by atoms with Crippen LogP contribution in [0.5, 0.6) is 0 Å². The monoisotopic (exact) mass is 383 g/mol. The molecule has 1 N–H and O–H groups in total. The van der Waals surface area contributed by atoms with Gasteiger partial charge in [-0.2, -0.15) is 0 Å². The number of rotatable bonds is 3. The molecular weight excluding hydrogens is 354 g/mol. The van der Waals surface area contributed by atoms with E-state index in [-0.39, 0.29) is 24.8 Å². The van der Waals surface area contributed by atoms with E-state index in [4.69, 9.17) is 4.74 Å². The molecule has 0 saturated carbocycles. The Hall–Kier alpha value is -2.47. The molecule has 6 heteroatoms. The second-order valence-corrected chi connectivity index (χ2v) is 8.27. The topological polar surface area (TPSA) is 75.6 Å². The highest BCUT2D eigenvalue weighted by Crippen LogP contribution is 2.42. The Labute approximate surface area is 166 Å². The molecule has 1 saturated heterocycles. The van der Waals surface area contributed by atoms with Crippen LogP contribution >= 0.6 is 0 Å². The van der Waals surface area contributed by atoms with Gasteiger partial charge in [0.1, 0.15) is 5.60 Å². The van der Waals surface area contributed by atoms with Crippen molar-refractivity contribution in [2.45, 2.75) is 71.2 Å². The Bertz CT molecular complexity index is 832. The number of aromatic nitrogens is 2. The summed E-state index contributed by atoms with van der Waals surface area (Å²) in [6.45, 7) is 7.50. The van der Waals surface area contributed by atoms with Crippen molar-refractivity contribution in [2.75, 3.05) is 0 Å². The second kappa shape index (κ2) is 8.27. The molecule has 0 unspecified atom stereocenters. The quantitative estimate of drug-likeness (QED) is 0.846. The minimum atomic E-state index is -0.594. The van der Waals surface area contributed by atoms with Crippen LogP contribution in [0.3, 0.4) is 0 Å². The van der Waals surface area contributed by atoms with E-state index in [9.17, 15) is 9.90 Å². The van der Waals surface area contributed by atoms with Crippen molar-refractivity contribution in [3.8, 4) is 0 Å². The lowest BCUT2D eigenvalue weighted by Crippen LogP contribution is -2.44. The number of pyridine rings is 2. The van der Waals surface area contributed by atoms with Crippen molar-refractivity contribution in [1.29, 1.82) is 0 Å². The third kappa shape index (κ3) is 4.50. The van der Waals surface area contributed by atoms with Gasteiger partial charge in [0.15, 0.2) is 0 Å². The fourth-order valence-electron chi connectivity index (χ4n) is 3.75. The fourth-order valence-corrected chi connectivity index (χ4v) is 3.75. The maximum atomic E-state index is 13.2. The zero-order valence-corrected chi connectivity index (χ0v) is 17.1. The van der Waals surface area contributed by atoms with Crippen molar-refractivity contribution in [3.63, 3.8) is 0 Å². The van der Waals surface area contributed by atoms with Crippen LogP contribution in [0.1, 0.15) is 74.8 Å². The predicted molar refractivity (Wildman–Crippen MR) is 107 cm³/mol. The summed E-state index contributed by atoms with van der Waals surface area (Å²) >= 11 is 0. The molecule has 3 rings (SSSR count). The molecule has 1 fully saturated rings. The summed E-state index contributed by atoms with van der Waals surface area (Å²) in [7, 11) is 0. The first-order valence-corrected chi connectivity index (χ1v) is 9.79. The first-order chi connectivity index (χ1) is 13.3. The minimum absolute atomic E-state index is 0.129. The molecule has 150 valence electrons. The number of amides is 1. The van der Waals surface area contributed by atoms with Crippen LogP contribution in [0.25, 0.3) is 0 Å². The number of nitrogens with zero attached hydrogens (tertiary/aromatic N) is 3. The molecular formula is C22H29N3O3. The van der Waals surface area contributed by atoms with Crippen molar-refractivity contribution in [2.24, 2.45) is 0 Å². The Balaban J connectivity index is 2.04. The number of aryl methyl sites for hydroxylation is 1. The summed E-state index contributed by atoms with van der Waals surface area (Å²) in [4.78, 5) is 24.2. The average molecular weight is 383 g/mol. The molecule has 1 amide bonds. The van der Waals surface area contributed by atoms with Gasteiger partial charge in [0, 0.05) is 6.20 Å². The molecule has 0 bridgehead atoms. The molecule has 0 radical (unpaired) electrons. The molecule has 1 aliphatic rings. The van der Waals surface area contributed by atoms with Gasteiger partial charge >= 0.3 is 6.09 Å². The van der Waals surface area contributed by atoms with Gasteiger partial charge in [-0.25, -0.2) is 4.79 Å². The van der Waals surface area contributed by atoms with Crippen molar-refractivity contribution in [1.82, 2.24) is 14.9 Å².